The van der Waals surface area contributed by atoms with Crippen LogP contribution in [0.2, 0.25) is 0 Å². The van der Waals surface area contributed by atoms with E-state index >= 15 is 0 Å². The maximum absolute atomic E-state index is 14.5. The lowest BCUT2D eigenvalue weighted by Gasteiger charge is -2.33. The Bertz CT molecular complexity index is 878. The number of carbonyl (C=O) groups is 1. The molecule has 0 aromatic carbocycles. The van der Waals surface area contributed by atoms with Crippen LogP contribution in [0.4, 0.5) is 14.6 Å². The molecular weight excluding hydrogens is 336 g/mol. The van der Waals surface area contributed by atoms with Gasteiger partial charge >= 0.3 is 5.97 Å². The summed E-state index contributed by atoms with van der Waals surface area (Å²) in [5.41, 5.74) is -1.74. The van der Waals surface area contributed by atoms with Gasteiger partial charge in [0.2, 0.25) is 11.1 Å². The van der Waals surface area contributed by atoms with Crippen LogP contribution in [0, 0.1) is 5.82 Å². The zero-order valence-corrected chi connectivity index (χ0v) is 13.6. The van der Waals surface area contributed by atoms with Gasteiger partial charge in [0.05, 0.1) is 11.9 Å². The Kier molecular flexibility index (Phi) is 4.62. The van der Waals surface area contributed by atoms with E-state index in [9.17, 15) is 18.4 Å². The molecule has 2 aromatic heterocycles. The predicted molar refractivity (Wildman–Crippen MR) is 86.4 cm³/mol. The third-order valence-corrected chi connectivity index (χ3v) is 4.16. The smallest absolute Gasteiger partial charge is 0.360 e. The zero-order valence-electron chi connectivity index (χ0n) is 13.6. The number of rotatable bonds is 4. The quantitative estimate of drug-likeness (QED) is 0.848. The lowest BCUT2D eigenvalue weighted by atomic mass is 10.2. The number of hydrogen-bond acceptors (Lipinski definition) is 6. The van der Waals surface area contributed by atoms with E-state index in [1.807, 2.05) is 7.05 Å². The van der Waals surface area contributed by atoms with Crippen molar-refractivity contribution >= 4 is 22.8 Å². The minimum absolute atomic E-state index is 0.0250. The first kappa shape index (κ1) is 17.2. The summed E-state index contributed by atoms with van der Waals surface area (Å²) in [4.78, 5) is 31.4. The number of hydrogen-bond donors (Lipinski definition) is 1. The van der Waals surface area contributed by atoms with Gasteiger partial charge in [0, 0.05) is 26.2 Å². The van der Waals surface area contributed by atoms with Crippen molar-refractivity contribution in [2.75, 3.05) is 44.8 Å². The fraction of sp³-hybridized carbons (Fsp3) is 0.467. The van der Waals surface area contributed by atoms with Crippen molar-refractivity contribution in [2.24, 2.45) is 0 Å². The van der Waals surface area contributed by atoms with Crippen molar-refractivity contribution in [1.29, 1.82) is 0 Å². The van der Waals surface area contributed by atoms with Gasteiger partial charge < -0.3 is 14.9 Å². The molecule has 0 radical (unpaired) electrons. The summed E-state index contributed by atoms with van der Waals surface area (Å²) >= 11 is 0. The van der Waals surface area contributed by atoms with Crippen LogP contribution < -0.4 is 10.3 Å². The molecule has 0 aliphatic carbocycles. The van der Waals surface area contributed by atoms with Crippen LogP contribution in [0.3, 0.4) is 0 Å². The number of aryl methyl sites for hydroxylation is 1. The van der Waals surface area contributed by atoms with Gasteiger partial charge in [-0.2, -0.15) is 5.10 Å². The Morgan fingerprint density at radius 3 is 2.60 bits per heavy atom. The molecule has 8 nitrogen and oxygen atoms in total. The van der Waals surface area contributed by atoms with Crippen molar-refractivity contribution in [1.82, 2.24) is 19.7 Å². The first-order valence-corrected chi connectivity index (χ1v) is 7.76. The maximum Gasteiger partial charge on any atom is 0.360 e. The summed E-state index contributed by atoms with van der Waals surface area (Å²) in [6.45, 7) is 1.46. The van der Waals surface area contributed by atoms with E-state index < -0.39 is 29.6 Å². The monoisotopic (exact) mass is 353 g/mol. The molecule has 134 valence electrons. The zero-order chi connectivity index (χ0) is 18.1. The SMILES string of the molecule is CN1CCN(c2nc3c(cc2F)c(=O)c(C(=O)O)nn3CCF)CC1. The molecule has 1 saturated heterocycles. The molecule has 0 atom stereocenters. The first-order valence-electron chi connectivity index (χ1n) is 7.76. The summed E-state index contributed by atoms with van der Waals surface area (Å²) < 4.78 is 28.3. The second kappa shape index (κ2) is 6.71. The van der Waals surface area contributed by atoms with Gasteiger partial charge in [0.25, 0.3) is 0 Å². The molecule has 3 heterocycles. The normalized spacial score (nSPS) is 15.7. The minimum Gasteiger partial charge on any atom is -0.476 e. The first-order chi connectivity index (χ1) is 11.9. The highest BCUT2D eigenvalue weighted by Crippen LogP contribution is 2.22. The Hall–Kier alpha value is -2.62. The van der Waals surface area contributed by atoms with Crippen molar-refractivity contribution in [2.45, 2.75) is 6.54 Å². The summed E-state index contributed by atoms with van der Waals surface area (Å²) in [7, 11) is 1.96. The van der Waals surface area contributed by atoms with E-state index in [0.717, 1.165) is 23.8 Å². The molecule has 1 aliphatic rings. The summed E-state index contributed by atoms with van der Waals surface area (Å²) in [5.74, 6) is -2.22. The molecule has 1 fully saturated rings. The van der Waals surface area contributed by atoms with Gasteiger partial charge in [-0.3, -0.25) is 4.79 Å². The molecule has 0 amide bonds. The predicted octanol–water partition coefficient (Wildman–Crippen LogP) is 0.350. The number of likely N-dealkylation sites (N-methyl/N-ethyl adjacent to an activating group) is 1. The number of nitrogens with zero attached hydrogens (tertiary/aromatic N) is 5. The summed E-state index contributed by atoms with van der Waals surface area (Å²) in [5, 5.41) is 12.5. The van der Waals surface area contributed by atoms with Crippen LogP contribution in [0.15, 0.2) is 10.9 Å². The lowest BCUT2D eigenvalue weighted by Crippen LogP contribution is -2.45. The fourth-order valence-corrected chi connectivity index (χ4v) is 2.79. The van der Waals surface area contributed by atoms with Gasteiger partial charge in [-0.25, -0.2) is 23.2 Å². The second-order valence-corrected chi connectivity index (χ2v) is 5.85. The Labute approximate surface area is 141 Å². The molecule has 0 saturated carbocycles. The van der Waals surface area contributed by atoms with Crippen LogP contribution in [0.1, 0.15) is 10.5 Å². The van der Waals surface area contributed by atoms with E-state index in [1.54, 1.807) is 4.90 Å². The number of aromatic carboxylic acids is 1. The van der Waals surface area contributed by atoms with Crippen LogP contribution in [0.25, 0.3) is 11.0 Å². The van der Waals surface area contributed by atoms with Gasteiger partial charge in [-0.15, -0.1) is 0 Å². The largest absolute Gasteiger partial charge is 0.476 e. The third kappa shape index (κ3) is 3.16. The number of pyridine rings is 1. The number of halogens is 2. The summed E-state index contributed by atoms with van der Waals surface area (Å²) in [6.07, 6.45) is 0. The summed E-state index contributed by atoms with van der Waals surface area (Å²) in [6, 6.07) is 0.959. The number of carboxylic acid groups (broad SMARTS) is 1. The van der Waals surface area contributed by atoms with Gasteiger partial charge in [-0.1, -0.05) is 0 Å². The molecular formula is C15H17F2N5O3. The van der Waals surface area contributed by atoms with Crippen molar-refractivity contribution < 1.29 is 18.7 Å². The highest BCUT2D eigenvalue weighted by molar-refractivity contribution is 5.89. The van der Waals surface area contributed by atoms with Crippen LogP contribution in [0.5, 0.6) is 0 Å². The number of aromatic nitrogens is 3. The average Bonchev–Trinajstić information content (AvgIpc) is 2.58. The van der Waals surface area contributed by atoms with Crippen LogP contribution in [-0.4, -0.2) is 70.6 Å². The van der Waals surface area contributed by atoms with Crippen LogP contribution >= 0.6 is 0 Å². The van der Waals surface area contributed by atoms with Crippen molar-refractivity contribution in [3.8, 4) is 0 Å². The number of anilines is 1. The number of fused-ring (bicyclic) bond motifs is 1. The topological polar surface area (TPSA) is 91.6 Å². The Morgan fingerprint density at radius 1 is 1.32 bits per heavy atom. The van der Waals surface area contributed by atoms with Crippen LogP contribution in [-0.2, 0) is 6.54 Å². The maximum atomic E-state index is 14.5. The highest BCUT2D eigenvalue weighted by atomic mass is 19.1. The third-order valence-electron chi connectivity index (χ3n) is 4.16. The molecule has 25 heavy (non-hydrogen) atoms. The molecule has 3 rings (SSSR count). The van der Waals surface area contributed by atoms with E-state index in [1.165, 1.54) is 0 Å². The van der Waals surface area contributed by atoms with Gasteiger partial charge in [0.15, 0.2) is 17.3 Å². The highest BCUT2D eigenvalue weighted by Gasteiger charge is 2.23. The molecule has 0 unspecified atom stereocenters. The number of piperazine rings is 1. The second-order valence-electron chi connectivity index (χ2n) is 5.85. The van der Waals surface area contributed by atoms with E-state index in [-0.39, 0.29) is 23.4 Å². The number of carboxylic acids is 1. The van der Waals surface area contributed by atoms with Gasteiger partial charge in [0.1, 0.15) is 6.67 Å². The molecule has 1 N–H and O–H groups in total. The van der Waals surface area contributed by atoms with E-state index in [2.05, 4.69) is 15.0 Å². The molecule has 1 aliphatic heterocycles. The Balaban J connectivity index is 2.18. The van der Waals surface area contributed by atoms with E-state index in [0.29, 0.717) is 13.1 Å². The lowest BCUT2D eigenvalue weighted by molar-refractivity contribution is 0.0686. The Morgan fingerprint density at radius 2 is 2.00 bits per heavy atom. The van der Waals surface area contributed by atoms with Crippen molar-refractivity contribution in [3.63, 3.8) is 0 Å². The molecule has 10 heteroatoms. The van der Waals surface area contributed by atoms with E-state index in [4.69, 9.17) is 5.11 Å². The molecule has 0 bridgehead atoms. The average molecular weight is 353 g/mol. The minimum atomic E-state index is -1.55. The molecule has 2 aromatic rings. The van der Waals surface area contributed by atoms with Crippen molar-refractivity contribution in [3.05, 3.63) is 27.8 Å². The fourth-order valence-electron chi connectivity index (χ4n) is 2.79. The van der Waals surface area contributed by atoms with Gasteiger partial charge in [-0.05, 0) is 13.1 Å². The molecule has 0 spiro atoms. The standard InChI is InChI=1S/C15H17F2N5O3/c1-20-4-6-21(7-5-20)14-10(17)8-9-12(23)11(15(24)25)19-22(3-2-16)13(9)18-14/h8H,2-7H2,1H3,(H,24,25). The number of alkyl halides is 1.